The van der Waals surface area contributed by atoms with Gasteiger partial charge < -0.3 is 24.6 Å². The first-order valence-electron chi connectivity index (χ1n) is 15.8. The number of ether oxygens (including phenoxy) is 2. The molecule has 4 aliphatic rings. The van der Waals surface area contributed by atoms with Crippen molar-refractivity contribution in [1.29, 1.82) is 5.26 Å². The van der Waals surface area contributed by atoms with E-state index >= 15 is 4.39 Å². The number of piperidine rings is 1. The molecule has 0 radical (unpaired) electrons. The van der Waals surface area contributed by atoms with E-state index < -0.39 is 29.3 Å². The van der Waals surface area contributed by atoms with E-state index in [-0.39, 0.29) is 30.2 Å². The normalized spacial score (nSPS) is 25.2. The second-order valence-corrected chi connectivity index (χ2v) is 13.4. The van der Waals surface area contributed by atoms with Gasteiger partial charge in [-0.3, -0.25) is 9.69 Å². The summed E-state index contributed by atoms with van der Waals surface area (Å²) < 4.78 is 40.8. The third kappa shape index (κ3) is 7.05. The number of carbonyl (C=O) groups excluding carboxylic acids is 1. The Kier molecular flexibility index (Phi) is 9.25. The Morgan fingerprint density at radius 3 is 2.57 bits per heavy atom. The van der Waals surface area contributed by atoms with Gasteiger partial charge in [-0.25, -0.2) is 23.3 Å². The summed E-state index contributed by atoms with van der Waals surface area (Å²) in [5.74, 6) is 1.15. The molecule has 1 amide bonds. The molecule has 7 rings (SSSR count). The van der Waals surface area contributed by atoms with E-state index in [4.69, 9.17) is 9.47 Å². The van der Waals surface area contributed by atoms with Gasteiger partial charge in [0.1, 0.15) is 24.3 Å². The number of anilines is 3. The topological polar surface area (TPSA) is 149 Å². The fourth-order valence-corrected chi connectivity index (χ4v) is 7.40. The molecule has 1 aromatic heterocycles. The molecule has 4 saturated heterocycles. The second-order valence-electron chi connectivity index (χ2n) is 12.1. The summed E-state index contributed by atoms with van der Waals surface area (Å²) in [5, 5.41) is 13.1. The number of halogens is 1. The summed E-state index contributed by atoms with van der Waals surface area (Å²) >= 11 is 0. The number of nitrogens with one attached hydrogen (secondary N) is 2. The molecule has 13 nitrogen and oxygen atoms in total. The van der Waals surface area contributed by atoms with Crippen LogP contribution in [0.5, 0.6) is 5.75 Å². The van der Waals surface area contributed by atoms with Gasteiger partial charge in [0, 0.05) is 61.8 Å². The van der Waals surface area contributed by atoms with Gasteiger partial charge in [-0.2, -0.15) is 10.2 Å². The van der Waals surface area contributed by atoms with E-state index in [1.807, 2.05) is 12.1 Å². The van der Waals surface area contributed by atoms with E-state index in [0.717, 1.165) is 45.1 Å². The summed E-state index contributed by atoms with van der Waals surface area (Å²) in [4.78, 5) is 32.2. The smallest absolute Gasteiger partial charge is 0.240 e. The van der Waals surface area contributed by atoms with Crippen LogP contribution in [-0.2, 0) is 20.5 Å². The summed E-state index contributed by atoms with van der Waals surface area (Å²) in [5.41, 5.74) is 2.81. The predicted molar refractivity (Wildman–Crippen MR) is 173 cm³/mol. The molecule has 246 valence electrons. The van der Waals surface area contributed by atoms with Gasteiger partial charge in [0.05, 0.1) is 48.4 Å². The predicted octanol–water partition coefficient (Wildman–Crippen LogP) is 2.02. The first-order chi connectivity index (χ1) is 22.9. The maximum Gasteiger partial charge on any atom is 0.240 e. The highest BCUT2D eigenvalue weighted by molar-refractivity contribution is 7.83. The van der Waals surface area contributed by atoms with E-state index in [2.05, 4.69) is 53.0 Å². The average Bonchev–Trinajstić information content (AvgIpc) is 3.51. The van der Waals surface area contributed by atoms with Crippen molar-refractivity contribution in [2.45, 2.75) is 37.2 Å². The van der Waals surface area contributed by atoms with Crippen LogP contribution in [-0.4, -0.2) is 117 Å². The molecule has 0 aliphatic carbocycles. The molecule has 3 aromatic rings. The maximum atomic E-state index is 15.2. The lowest BCUT2D eigenvalue weighted by molar-refractivity contribution is -0.136. The summed E-state index contributed by atoms with van der Waals surface area (Å²) in [6.07, 6.45) is -0.100. The maximum absolute atomic E-state index is 15.2. The van der Waals surface area contributed by atoms with Crippen molar-refractivity contribution in [3.8, 4) is 23.2 Å². The van der Waals surface area contributed by atoms with Crippen LogP contribution in [0, 0.1) is 11.3 Å². The van der Waals surface area contributed by atoms with Crippen LogP contribution < -0.4 is 19.7 Å². The first-order valence-corrected chi connectivity index (χ1v) is 17.2. The molecule has 2 aromatic carbocycles. The van der Waals surface area contributed by atoms with Gasteiger partial charge in [0.2, 0.25) is 11.9 Å². The molecular formula is C32H36FN9O4S. The van der Waals surface area contributed by atoms with Crippen LogP contribution in [0.25, 0.3) is 11.4 Å². The van der Waals surface area contributed by atoms with Crippen molar-refractivity contribution in [3.05, 3.63) is 54.4 Å². The van der Waals surface area contributed by atoms with Crippen molar-refractivity contribution >= 4 is 34.2 Å². The van der Waals surface area contributed by atoms with Gasteiger partial charge in [0.25, 0.3) is 0 Å². The Morgan fingerprint density at radius 2 is 1.89 bits per heavy atom. The van der Waals surface area contributed by atoms with Crippen LogP contribution in [0.4, 0.5) is 21.7 Å². The molecule has 5 heterocycles. The molecule has 0 saturated carbocycles. The van der Waals surface area contributed by atoms with Gasteiger partial charge in [-0.05, 0) is 48.9 Å². The Balaban J connectivity index is 0.956. The number of carbonyl (C=O) groups is 1. The minimum absolute atomic E-state index is 0.120. The number of benzene rings is 2. The first kappa shape index (κ1) is 31.4. The Bertz CT molecular complexity index is 1660. The molecule has 0 spiro atoms. The minimum atomic E-state index is -1.44. The third-order valence-electron chi connectivity index (χ3n) is 9.11. The Hall–Kier alpha value is -4.23. The molecule has 2 N–H and O–H groups in total. The number of nitrogens with zero attached hydrogens (tertiary/aromatic N) is 7. The molecule has 0 bridgehead atoms. The van der Waals surface area contributed by atoms with Crippen LogP contribution in [0.3, 0.4) is 0 Å². The number of rotatable bonds is 8. The highest BCUT2D eigenvalue weighted by Gasteiger charge is 2.37. The quantitative estimate of drug-likeness (QED) is 0.365. The van der Waals surface area contributed by atoms with Crippen molar-refractivity contribution in [2.75, 3.05) is 68.5 Å². The van der Waals surface area contributed by atoms with Gasteiger partial charge in [-0.15, -0.1) is 0 Å². The molecule has 15 heteroatoms. The zero-order chi connectivity index (χ0) is 32.3. The number of piperazine rings is 1. The SMILES string of the molecule is N#Cc1cc(-c2ncnc(Nc3ccc(N4CCN(C5COC5)CC4)cc3)n2)ccc1OC1CCN(C(=O)C2CCS(=O)N2)CC1F. The van der Waals surface area contributed by atoms with Crippen LogP contribution in [0.2, 0.25) is 0 Å². The van der Waals surface area contributed by atoms with E-state index in [0.29, 0.717) is 42.1 Å². The summed E-state index contributed by atoms with van der Waals surface area (Å²) in [6, 6.07) is 15.3. The molecule has 47 heavy (non-hydrogen) atoms. The van der Waals surface area contributed by atoms with Crippen molar-refractivity contribution in [3.63, 3.8) is 0 Å². The van der Waals surface area contributed by atoms with Crippen LogP contribution in [0.1, 0.15) is 18.4 Å². The minimum Gasteiger partial charge on any atom is -0.486 e. The van der Waals surface area contributed by atoms with E-state index in [9.17, 15) is 14.3 Å². The van der Waals surface area contributed by atoms with Gasteiger partial charge in [-0.1, -0.05) is 0 Å². The zero-order valence-electron chi connectivity index (χ0n) is 25.8. The van der Waals surface area contributed by atoms with Crippen molar-refractivity contribution in [1.82, 2.24) is 29.5 Å². The number of nitriles is 1. The molecule has 4 unspecified atom stereocenters. The lowest BCUT2D eigenvalue weighted by Crippen LogP contribution is -2.56. The molecule has 4 fully saturated rings. The molecular weight excluding hydrogens is 625 g/mol. The summed E-state index contributed by atoms with van der Waals surface area (Å²) in [6.45, 7) is 5.90. The number of likely N-dealkylation sites (tertiary alicyclic amines) is 1. The van der Waals surface area contributed by atoms with Gasteiger partial charge >= 0.3 is 0 Å². The fraction of sp³-hybridized carbons (Fsp3) is 0.469. The largest absolute Gasteiger partial charge is 0.486 e. The second kappa shape index (κ2) is 13.9. The lowest BCUT2D eigenvalue weighted by Gasteiger charge is -2.43. The monoisotopic (exact) mass is 661 g/mol. The molecule has 4 atom stereocenters. The fourth-order valence-electron chi connectivity index (χ4n) is 6.29. The van der Waals surface area contributed by atoms with Gasteiger partial charge in [0.15, 0.2) is 12.0 Å². The highest BCUT2D eigenvalue weighted by atomic mass is 32.2. The average molecular weight is 662 g/mol. The van der Waals surface area contributed by atoms with Crippen molar-refractivity contribution in [2.24, 2.45) is 0 Å². The van der Waals surface area contributed by atoms with Crippen LogP contribution >= 0.6 is 0 Å². The van der Waals surface area contributed by atoms with E-state index in [1.165, 1.54) is 16.9 Å². The Morgan fingerprint density at radius 1 is 1.09 bits per heavy atom. The van der Waals surface area contributed by atoms with E-state index in [1.54, 1.807) is 18.2 Å². The zero-order valence-corrected chi connectivity index (χ0v) is 26.6. The standard InChI is InChI=1S/C32H36FN9O4S/c33-26-17-42(31(43)27-8-14-47(44)39-27)9-7-29(26)46-28-6-1-21(15-22(28)16-34)30-35-20-36-32(38-30)37-23-2-4-24(5-3-23)40-10-12-41(13-11-40)25-18-45-19-25/h1-6,15,20,25-27,29,39H,7-14,17-19H2,(H,35,36,37,38). The molecule has 4 aliphatic heterocycles. The number of alkyl halides is 1. The summed E-state index contributed by atoms with van der Waals surface area (Å²) in [7, 11) is -1.22. The number of hydrogen-bond acceptors (Lipinski definition) is 11. The van der Waals surface area contributed by atoms with Crippen LogP contribution in [0.15, 0.2) is 48.8 Å². The number of aromatic nitrogens is 3. The number of amides is 1. The highest BCUT2D eigenvalue weighted by Crippen LogP contribution is 2.29. The Labute approximate surface area is 274 Å². The third-order valence-corrected chi connectivity index (χ3v) is 10.3. The lowest BCUT2D eigenvalue weighted by atomic mass is 10.0. The van der Waals surface area contributed by atoms with Crippen molar-refractivity contribution < 1.29 is 22.9 Å². The number of hydrogen-bond donors (Lipinski definition) is 2.